The molecule has 1 aliphatic rings. The van der Waals surface area contributed by atoms with E-state index in [9.17, 15) is 4.79 Å². The molecule has 1 atom stereocenters. The number of carbonyl (C=O) groups excluding carboxylic acids is 1. The van der Waals surface area contributed by atoms with Crippen molar-refractivity contribution in [2.45, 2.75) is 25.9 Å². The van der Waals surface area contributed by atoms with Crippen molar-refractivity contribution in [1.82, 2.24) is 15.3 Å². The van der Waals surface area contributed by atoms with Gasteiger partial charge in [0.15, 0.2) is 0 Å². The number of nitrogens with zero attached hydrogens (tertiary/aromatic N) is 1. The van der Waals surface area contributed by atoms with Crippen LogP contribution in [0, 0.1) is 6.92 Å². The van der Waals surface area contributed by atoms with E-state index < -0.39 is 0 Å². The zero-order valence-electron chi connectivity index (χ0n) is 10.7. The fourth-order valence-electron chi connectivity index (χ4n) is 2.31. The molecule has 5 nitrogen and oxygen atoms in total. The molecule has 19 heavy (non-hydrogen) atoms. The largest absolute Gasteiger partial charge is 0.347 e. The topological polar surface area (TPSA) is 69.8 Å². The third-order valence-corrected chi connectivity index (χ3v) is 3.33. The van der Waals surface area contributed by atoms with Gasteiger partial charge in [-0.15, -0.1) is 0 Å². The Morgan fingerprint density at radius 3 is 3.21 bits per heavy atom. The number of anilines is 1. The lowest BCUT2D eigenvalue weighted by Crippen LogP contribution is -2.44. The molecular formula is C14H16N4O. The molecule has 0 saturated heterocycles. The molecule has 0 bridgehead atoms. The van der Waals surface area contributed by atoms with Crippen LogP contribution in [0.15, 0.2) is 30.6 Å². The maximum absolute atomic E-state index is 12.2. The molecule has 0 radical (unpaired) electrons. The number of amides is 1. The molecule has 1 aromatic carbocycles. The SMILES string of the molecule is Cc1cccc(NC(=O)C2Cc3nc[nH]c3CN2)c1. The van der Waals surface area contributed by atoms with Crippen molar-refractivity contribution in [3.63, 3.8) is 0 Å². The second-order valence-corrected chi connectivity index (χ2v) is 4.82. The Morgan fingerprint density at radius 2 is 2.37 bits per heavy atom. The third-order valence-electron chi connectivity index (χ3n) is 3.33. The first kappa shape index (κ1) is 11.9. The van der Waals surface area contributed by atoms with Gasteiger partial charge >= 0.3 is 0 Å². The summed E-state index contributed by atoms with van der Waals surface area (Å²) in [6, 6.07) is 7.57. The summed E-state index contributed by atoms with van der Waals surface area (Å²) in [6.07, 6.45) is 2.30. The highest BCUT2D eigenvalue weighted by Gasteiger charge is 2.25. The Balaban J connectivity index is 1.69. The van der Waals surface area contributed by atoms with Gasteiger partial charge in [-0.2, -0.15) is 0 Å². The molecule has 2 heterocycles. The maximum Gasteiger partial charge on any atom is 0.241 e. The van der Waals surface area contributed by atoms with Crippen molar-refractivity contribution >= 4 is 11.6 Å². The predicted molar refractivity (Wildman–Crippen MR) is 72.7 cm³/mol. The average Bonchev–Trinajstić information content (AvgIpc) is 2.85. The highest BCUT2D eigenvalue weighted by molar-refractivity contribution is 5.95. The monoisotopic (exact) mass is 256 g/mol. The van der Waals surface area contributed by atoms with E-state index in [2.05, 4.69) is 20.6 Å². The van der Waals surface area contributed by atoms with Gasteiger partial charge in [-0.3, -0.25) is 10.1 Å². The maximum atomic E-state index is 12.2. The molecule has 98 valence electrons. The predicted octanol–water partition coefficient (Wildman–Crippen LogP) is 1.37. The number of aromatic amines is 1. The number of nitrogens with one attached hydrogen (secondary N) is 3. The number of carbonyl (C=O) groups is 1. The van der Waals surface area contributed by atoms with Crippen LogP contribution in [0.2, 0.25) is 0 Å². The van der Waals surface area contributed by atoms with Gasteiger partial charge in [-0.1, -0.05) is 12.1 Å². The first-order valence-electron chi connectivity index (χ1n) is 6.34. The van der Waals surface area contributed by atoms with Crippen molar-refractivity contribution in [3.8, 4) is 0 Å². The van der Waals surface area contributed by atoms with Crippen LogP contribution in [0.5, 0.6) is 0 Å². The number of aryl methyl sites for hydroxylation is 1. The number of hydrogen-bond donors (Lipinski definition) is 3. The van der Waals surface area contributed by atoms with E-state index in [-0.39, 0.29) is 11.9 Å². The zero-order chi connectivity index (χ0) is 13.2. The highest BCUT2D eigenvalue weighted by Crippen LogP contribution is 2.15. The van der Waals surface area contributed by atoms with Crippen LogP contribution in [-0.2, 0) is 17.8 Å². The smallest absolute Gasteiger partial charge is 0.241 e. The Kier molecular flexibility index (Phi) is 3.05. The third kappa shape index (κ3) is 2.51. The quantitative estimate of drug-likeness (QED) is 0.760. The number of imidazole rings is 1. The summed E-state index contributed by atoms with van der Waals surface area (Å²) >= 11 is 0. The van der Waals surface area contributed by atoms with Crippen molar-refractivity contribution in [3.05, 3.63) is 47.5 Å². The van der Waals surface area contributed by atoms with Crippen molar-refractivity contribution in [1.29, 1.82) is 0 Å². The van der Waals surface area contributed by atoms with E-state index in [0.29, 0.717) is 13.0 Å². The van der Waals surface area contributed by atoms with Crippen LogP contribution in [0.25, 0.3) is 0 Å². The van der Waals surface area contributed by atoms with Gasteiger partial charge in [0.2, 0.25) is 5.91 Å². The van der Waals surface area contributed by atoms with Crippen molar-refractivity contribution in [2.75, 3.05) is 5.32 Å². The van der Waals surface area contributed by atoms with Crippen molar-refractivity contribution < 1.29 is 4.79 Å². The van der Waals surface area contributed by atoms with Crippen LogP contribution in [0.4, 0.5) is 5.69 Å². The molecule has 3 rings (SSSR count). The molecule has 1 aromatic heterocycles. The first-order valence-corrected chi connectivity index (χ1v) is 6.34. The Bertz CT molecular complexity index is 605. The van der Waals surface area contributed by atoms with Gasteiger partial charge in [0.25, 0.3) is 0 Å². The molecule has 1 unspecified atom stereocenters. The number of benzene rings is 1. The molecule has 5 heteroatoms. The number of fused-ring (bicyclic) bond motifs is 1. The first-order chi connectivity index (χ1) is 9.22. The fourth-order valence-corrected chi connectivity index (χ4v) is 2.31. The molecule has 0 aliphatic carbocycles. The lowest BCUT2D eigenvalue weighted by atomic mass is 10.0. The number of aromatic nitrogens is 2. The Morgan fingerprint density at radius 1 is 1.47 bits per heavy atom. The minimum atomic E-state index is -0.226. The van der Waals surface area contributed by atoms with Crippen molar-refractivity contribution in [2.24, 2.45) is 0 Å². The van der Waals surface area contributed by atoms with Crippen LogP contribution < -0.4 is 10.6 Å². The van der Waals surface area contributed by atoms with E-state index in [1.54, 1.807) is 6.33 Å². The average molecular weight is 256 g/mol. The van der Waals surface area contributed by atoms with Crippen LogP contribution in [0.3, 0.4) is 0 Å². The van der Waals surface area contributed by atoms with E-state index in [1.165, 1.54) is 0 Å². The molecule has 1 amide bonds. The molecule has 0 saturated carbocycles. The number of H-pyrrole nitrogens is 1. The summed E-state index contributed by atoms with van der Waals surface area (Å²) in [6.45, 7) is 2.66. The van der Waals surface area contributed by atoms with E-state index >= 15 is 0 Å². The van der Waals surface area contributed by atoms with Gasteiger partial charge in [0.05, 0.1) is 23.8 Å². The molecular weight excluding hydrogens is 240 g/mol. The molecule has 3 N–H and O–H groups in total. The second-order valence-electron chi connectivity index (χ2n) is 4.82. The normalized spacial score (nSPS) is 17.8. The zero-order valence-corrected chi connectivity index (χ0v) is 10.7. The minimum Gasteiger partial charge on any atom is -0.347 e. The Labute approximate surface area is 111 Å². The van der Waals surface area contributed by atoms with Crippen LogP contribution in [-0.4, -0.2) is 21.9 Å². The van der Waals surface area contributed by atoms with Gasteiger partial charge < -0.3 is 10.3 Å². The van der Waals surface area contributed by atoms with E-state index in [4.69, 9.17) is 0 Å². The molecule has 0 fully saturated rings. The summed E-state index contributed by atoms with van der Waals surface area (Å²) in [7, 11) is 0. The highest BCUT2D eigenvalue weighted by atomic mass is 16.2. The molecule has 1 aliphatic heterocycles. The minimum absolute atomic E-state index is 0.0146. The van der Waals surface area contributed by atoms with Crippen LogP contribution >= 0.6 is 0 Å². The molecule has 2 aromatic rings. The standard InChI is InChI=1S/C14H16N4O/c1-9-3-2-4-10(5-9)18-14(19)12-6-11-13(7-15-12)17-8-16-11/h2-5,8,12,15H,6-7H2,1H3,(H,16,17)(H,18,19). The number of hydrogen-bond acceptors (Lipinski definition) is 3. The van der Waals surface area contributed by atoms with Gasteiger partial charge in [-0.25, -0.2) is 4.98 Å². The van der Waals surface area contributed by atoms with Gasteiger partial charge in [-0.05, 0) is 24.6 Å². The fraction of sp³-hybridized carbons (Fsp3) is 0.286. The molecule has 0 spiro atoms. The summed E-state index contributed by atoms with van der Waals surface area (Å²) in [5.74, 6) is -0.0146. The summed E-state index contributed by atoms with van der Waals surface area (Å²) in [5, 5.41) is 6.15. The summed E-state index contributed by atoms with van der Waals surface area (Å²) in [5.41, 5.74) is 4.01. The lowest BCUT2D eigenvalue weighted by molar-refractivity contribution is -0.118. The van der Waals surface area contributed by atoms with E-state index in [0.717, 1.165) is 22.6 Å². The van der Waals surface area contributed by atoms with Gasteiger partial charge in [0, 0.05) is 18.7 Å². The van der Waals surface area contributed by atoms with Gasteiger partial charge in [0.1, 0.15) is 0 Å². The summed E-state index contributed by atoms with van der Waals surface area (Å²) in [4.78, 5) is 19.5. The second kappa shape index (κ2) is 4.85. The summed E-state index contributed by atoms with van der Waals surface area (Å²) < 4.78 is 0. The van der Waals surface area contributed by atoms with E-state index in [1.807, 2.05) is 31.2 Å². The lowest BCUT2D eigenvalue weighted by Gasteiger charge is -2.22. The number of rotatable bonds is 2. The van der Waals surface area contributed by atoms with Crippen LogP contribution in [0.1, 0.15) is 17.0 Å². The Hall–Kier alpha value is -2.14.